The molecule has 4 nitrogen and oxygen atoms in total. The van der Waals surface area contributed by atoms with Crippen molar-refractivity contribution in [1.29, 1.82) is 0 Å². The summed E-state index contributed by atoms with van der Waals surface area (Å²) in [4.78, 5) is 21.6. The summed E-state index contributed by atoms with van der Waals surface area (Å²) in [6, 6.07) is 10.8. The second-order valence-corrected chi connectivity index (χ2v) is 3.12. The van der Waals surface area contributed by atoms with Crippen molar-refractivity contribution in [2.75, 3.05) is 0 Å². The molecular formula is C7H10NaO4P. The van der Waals surface area contributed by atoms with Gasteiger partial charge in [0.1, 0.15) is 0 Å². The quantitative estimate of drug-likeness (QED) is 0.261. The minimum Gasteiger partial charge on any atom is -0.303 e. The van der Waals surface area contributed by atoms with Crippen LogP contribution in [0, 0.1) is 13.0 Å². The summed E-state index contributed by atoms with van der Waals surface area (Å²) in [5, 5.41) is 0. The van der Waals surface area contributed by atoms with Gasteiger partial charge in [0, 0.05) is 0 Å². The third kappa shape index (κ3) is 19.0. The minimum atomic E-state index is -4.64. The zero-order chi connectivity index (χ0) is 9.61. The minimum absolute atomic E-state index is 0. The molecule has 6 heteroatoms. The Morgan fingerprint density at radius 2 is 1.54 bits per heavy atom. The smallest absolute Gasteiger partial charge is 0.303 e. The first-order valence-electron chi connectivity index (χ1n) is 3.10. The number of phosphoric acid groups is 1. The SMILES string of the molecule is Cc1cc[c-]cc1.O=P(O)(O)O.[Na+]. The average Bonchev–Trinajstić information content (AvgIpc) is 1.85. The van der Waals surface area contributed by atoms with E-state index in [1.807, 2.05) is 24.3 Å². The largest absolute Gasteiger partial charge is 1.00 e. The molecule has 0 aromatic heterocycles. The fourth-order valence-corrected chi connectivity index (χ4v) is 0.470. The van der Waals surface area contributed by atoms with E-state index in [0.717, 1.165) is 0 Å². The van der Waals surface area contributed by atoms with E-state index in [-0.39, 0.29) is 29.6 Å². The molecule has 0 saturated heterocycles. The summed E-state index contributed by atoms with van der Waals surface area (Å²) in [6.45, 7) is 2.06. The van der Waals surface area contributed by atoms with Crippen LogP contribution in [0.15, 0.2) is 24.3 Å². The molecule has 0 spiro atoms. The van der Waals surface area contributed by atoms with E-state index in [1.54, 1.807) is 0 Å². The molecular weight excluding hydrogens is 202 g/mol. The third-order valence-electron chi connectivity index (χ3n) is 0.885. The summed E-state index contributed by atoms with van der Waals surface area (Å²) >= 11 is 0. The summed E-state index contributed by atoms with van der Waals surface area (Å²) in [5.74, 6) is 0. The standard InChI is InChI=1S/C7H7.Na.H3O4P/c1-7-5-3-2-4-6-7;;1-5(2,3)4/h3-6H,1H3;;(H3,1,2,3,4)/q-1;+1;. The van der Waals surface area contributed by atoms with Crippen LogP contribution >= 0.6 is 7.82 Å². The van der Waals surface area contributed by atoms with Crippen LogP contribution < -0.4 is 29.6 Å². The van der Waals surface area contributed by atoms with Crippen LogP contribution in [0.5, 0.6) is 0 Å². The first kappa shape index (κ1) is 15.8. The Morgan fingerprint density at radius 3 is 1.69 bits per heavy atom. The van der Waals surface area contributed by atoms with E-state index in [0.29, 0.717) is 0 Å². The Hall–Kier alpha value is 0.330. The molecule has 0 aliphatic heterocycles. The van der Waals surface area contributed by atoms with E-state index in [2.05, 4.69) is 13.0 Å². The Kier molecular flexibility index (Phi) is 9.36. The first-order valence-corrected chi connectivity index (χ1v) is 4.67. The molecule has 0 saturated carbocycles. The molecule has 68 valence electrons. The summed E-state index contributed by atoms with van der Waals surface area (Å²) in [6.07, 6.45) is 0. The Labute approximate surface area is 99.1 Å². The summed E-state index contributed by atoms with van der Waals surface area (Å²) in [7, 11) is -4.64. The Morgan fingerprint density at radius 1 is 1.23 bits per heavy atom. The van der Waals surface area contributed by atoms with Crippen molar-refractivity contribution in [3.05, 3.63) is 35.9 Å². The van der Waals surface area contributed by atoms with Gasteiger partial charge < -0.3 is 14.7 Å². The fourth-order valence-electron chi connectivity index (χ4n) is 0.470. The second kappa shape index (κ2) is 7.71. The maximum Gasteiger partial charge on any atom is 1.00 e. The summed E-state index contributed by atoms with van der Waals surface area (Å²) < 4.78 is 8.88. The molecule has 1 rings (SSSR count). The van der Waals surface area contributed by atoms with Crippen LogP contribution in [0.1, 0.15) is 5.56 Å². The topological polar surface area (TPSA) is 77.8 Å². The van der Waals surface area contributed by atoms with Crippen LogP contribution in [0.2, 0.25) is 0 Å². The molecule has 0 heterocycles. The van der Waals surface area contributed by atoms with Crippen molar-refractivity contribution in [2.45, 2.75) is 6.92 Å². The van der Waals surface area contributed by atoms with Gasteiger partial charge in [-0.2, -0.15) is 35.9 Å². The van der Waals surface area contributed by atoms with Gasteiger partial charge in [0.15, 0.2) is 0 Å². The molecule has 13 heavy (non-hydrogen) atoms. The van der Waals surface area contributed by atoms with Gasteiger partial charge in [-0.3, -0.25) is 0 Å². The van der Waals surface area contributed by atoms with Crippen LogP contribution in [0.3, 0.4) is 0 Å². The molecule has 3 N–H and O–H groups in total. The fraction of sp³-hybridized carbons (Fsp3) is 0.143. The molecule has 0 fully saturated rings. The Bertz CT molecular complexity index is 250. The van der Waals surface area contributed by atoms with Gasteiger partial charge in [-0.15, -0.1) is 0 Å². The molecule has 0 aliphatic carbocycles. The number of hydrogen-bond acceptors (Lipinski definition) is 1. The molecule has 1 aromatic rings. The number of hydrogen-bond donors (Lipinski definition) is 3. The van der Waals surface area contributed by atoms with Crippen molar-refractivity contribution in [2.24, 2.45) is 0 Å². The van der Waals surface area contributed by atoms with E-state index >= 15 is 0 Å². The number of aryl methyl sites for hydroxylation is 1. The zero-order valence-electron chi connectivity index (χ0n) is 7.51. The predicted octanol–water partition coefficient (Wildman–Crippen LogP) is -2.13. The number of rotatable bonds is 0. The van der Waals surface area contributed by atoms with E-state index in [4.69, 9.17) is 19.2 Å². The van der Waals surface area contributed by atoms with E-state index in [1.165, 1.54) is 5.56 Å². The average molecular weight is 212 g/mol. The molecule has 0 aliphatic rings. The first-order chi connectivity index (χ1) is 5.39. The van der Waals surface area contributed by atoms with Crippen LogP contribution in [0.25, 0.3) is 0 Å². The van der Waals surface area contributed by atoms with E-state index in [9.17, 15) is 0 Å². The second-order valence-electron chi connectivity index (χ2n) is 2.09. The molecule has 0 radical (unpaired) electrons. The van der Waals surface area contributed by atoms with Gasteiger partial charge in [0.25, 0.3) is 0 Å². The van der Waals surface area contributed by atoms with Crippen LogP contribution in [-0.2, 0) is 4.57 Å². The molecule has 0 bridgehead atoms. The number of benzene rings is 1. The molecule has 1 aromatic carbocycles. The van der Waals surface area contributed by atoms with Gasteiger partial charge in [0.05, 0.1) is 0 Å². The maximum absolute atomic E-state index is 8.88. The van der Waals surface area contributed by atoms with Crippen molar-refractivity contribution in [3.63, 3.8) is 0 Å². The van der Waals surface area contributed by atoms with E-state index < -0.39 is 7.82 Å². The van der Waals surface area contributed by atoms with Gasteiger partial charge in [-0.1, -0.05) is 6.92 Å². The van der Waals surface area contributed by atoms with Crippen LogP contribution in [0.4, 0.5) is 0 Å². The van der Waals surface area contributed by atoms with Crippen molar-refractivity contribution in [3.8, 4) is 0 Å². The van der Waals surface area contributed by atoms with Crippen molar-refractivity contribution in [1.82, 2.24) is 0 Å². The predicted molar refractivity (Wildman–Crippen MR) is 44.3 cm³/mol. The maximum atomic E-state index is 8.88. The monoisotopic (exact) mass is 212 g/mol. The zero-order valence-corrected chi connectivity index (χ0v) is 10.4. The molecule has 0 unspecified atom stereocenters. The Balaban J connectivity index is 0. The third-order valence-corrected chi connectivity index (χ3v) is 0.885. The van der Waals surface area contributed by atoms with Gasteiger partial charge >= 0.3 is 37.4 Å². The van der Waals surface area contributed by atoms with Gasteiger partial charge in [-0.05, 0) is 0 Å². The van der Waals surface area contributed by atoms with Crippen LogP contribution in [-0.4, -0.2) is 14.7 Å². The normalized spacial score (nSPS) is 9.23. The van der Waals surface area contributed by atoms with Crippen molar-refractivity contribution < 1.29 is 48.8 Å². The summed E-state index contributed by atoms with van der Waals surface area (Å²) in [5.41, 5.74) is 1.29. The van der Waals surface area contributed by atoms with Gasteiger partial charge in [0.2, 0.25) is 0 Å². The van der Waals surface area contributed by atoms with Crippen molar-refractivity contribution >= 4 is 7.82 Å². The molecule has 0 atom stereocenters. The molecule has 0 amide bonds. The van der Waals surface area contributed by atoms with Gasteiger partial charge in [-0.25, -0.2) is 4.57 Å².